The molecule has 1 amide bonds. The number of benzene rings is 2. The Bertz CT molecular complexity index is 616. The van der Waals surface area contributed by atoms with Gasteiger partial charge in [-0.1, -0.05) is 41.4 Å². The topological polar surface area (TPSA) is 29.1 Å². The van der Waals surface area contributed by atoms with Crippen molar-refractivity contribution in [2.45, 2.75) is 23.6 Å². The standard InChI is InChI=1S/C16H15Cl2NOS/c1-11(21-14-8-6-13(17)7-9-14)16(20)19-10-12-4-2-3-5-15(12)18/h2-9,11H,10H2,1H3,(H,19,20)/t11-/m1/s1. The van der Waals surface area contributed by atoms with E-state index >= 15 is 0 Å². The molecule has 0 radical (unpaired) electrons. The van der Waals surface area contributed by atoms with Gasteiger partial charge < -0.3 is 5.32 Å². The highest BCUT2D eigenvalue weighted by atomic mass is 35.5. The van der Waals surface area contributed by atoms with Gasteiger partial charge in [0, 0.05) is 21.5 Å². The van der Waals surface area contributed by atoms with Crippen LogP contribution in [0.4, 0.5) is 0 Å². The molecule has 0 aliphatic carbocycles. The van der Waals surface area contributed by atoms with Crippen LogP contribution in [0.15, 0.2) is 53.4 Å². The zero-order valence-corrected chi connectivity index (χ0v) is 13.8. The Morgan fingerprint density at radius 3 is 2.48 bits per heavy atom. The van der Waals surface area contributed by atoms with Gasteiger partial charge in [-0.25, -0.2) is 0 Å². The van der Waals surface area contributed by atoms with Gasteiger partial charge in [0.2, 0.25) is 5.91 Å². The van der Waals surface area contributed by atoms with Crippen LogP contribution in [0.25, 0.3) is 0 Å². The highest BCUT2D eigenvalue weighted by Crippen LogP contribution is 2.25. The average molecular weight is 340 g/mol. The van der Waals surface area contributed by atoms with Crippen molar-refractivity contribution in [1.29, 1.82) is 0 Å². The van der Waals surface area contributed by atoms with Crippen molar-refractivity contribution in [3.05, 3.63) is 64.1 Å². The number of carbonyl (C=O) groups excluding carboxylic acids is 1. The number of nitrogens with one attached hydrogen (secondary N) is 1. The van der Waals surface area contributed by atoms with E-state index in [1.165, 1.54) is 11.8 Å². The second kappa shape index (κ2) is 7.74. The Morgan fingerprint density at radius 1 is 1.14 bits per heavy atom. The van der Waals surface area contributed by atoms with Crippen molar-refractivity contribution in [3.63, 3.8) is 0 Å². The molecule has 0 aliphatic rings. The molecule has 110 valence electrons. The molecule has 0 aromatic heterocycles. The van der Waals surface area contributed by atoms with Crippen LogP contribution in [-0.2, 0) is 11.3 Å². The zero-order chi connectivity index (χ0) is 15.2. The van der Waals surface area contributed by atoms with Gasteiger partial charge in [-0.05, 0) is 42.8 Å². The highest BCUT2D eigenvalue weighted by molar-refractivity contribution is 8.00. The third kappa shape index (κ3) is 4.95. The minimum atomic E-state index is -0.186. The number of hydrogen-bond donors (Lipinski definition) is 1. The Kier molecular flexibility index (Phi) is 5.97. The third-order valence-electron chi connectivity index (χ3n) is 2.91. The molecule has 1 atom stereocenters. The van der Waals surface area contributed by atoms with E-state index in [0.717, 1.165) is 10.5 Å². The van der Waals surface area contributed by atoms with Crippen molar-refractivity contribution in [2.24, 2.45) is 0 Å². The van der Waals surface area contributed by atoms with Crippen LogP contribution in [0, 0.1) is 0 Å². The van der Waals surface area contributed by atoms with Crippen molar-refractivity contribution in [1.82, 2.24) is 5.32 Å². The summed E-state index contributed by atoms with van der Waals surface area (Å²) in [6, 6.07) is 14.9. The fourth-order valence-electron chi connectivity index (χ4n) is 1.74. The van der Waals surface area contributed by atoms with Gasteiger partial charge >= 0.3 is 0 Å². The first-order valence-corrected chi connectivity index (χ1v) is 8.13. The van der Waals surface area contributed by atoms with Crippen LogP contribution in [0.3, 0.4) is 0 Å². The summed E-state index contributed by atoms with van der Waals surface area (Å²) in [5.41, 5.74) is 0.913. The van der Waals surface area contributed by atoms with Crippen molar-refractivity contribution in [2.75, 3.05) is 0 Å². The molecule has 0 heterocycles. The van der Waals surface area contributed by atoms with Gasteiger partial charge in [0.25, 0.3) is 0 Å². The van der Waals surface area contributed by atoms with Crippen LogP contribution in [-0.4, -0.2) is 11.2 Å². The largest absolute Gasteiger partial charge is 0.351 e. The van der Waals surface area contributed by atoms with Crippen molar-refractivity contribution < 1.29 is 4.79 Å². The molecule has 2 nitrogen and oxygen atoms in total. The second-order valence-electron chi connectivity index (χ2n) is 4.52. The number of hydrogen-bond acceptors (Lipinski definition) is 2. The Hall–Kier alpha value is -1.16. The summed E-state index contributed by atoms with van der Waals surface area (Å²) in [5, 5.41) is 4.07. The van der Waals surface area contributed by atoms with E-state index in [9.17, 15) is 4.79 Å². The number of amides is 1. The summed E-state index contributed by atoms with van der Waals surface area (Å²) in [6.07, 6.45) is 0. The first-order chi connectivity index (χ1) is 10.1. The van der Waals surface area contributed by atoms with Gasteiger partial charge in [-0.15, -0.1) is 11.8 Å². The summed E-state index contributed by atoms with van der Waals surface area (Å²) in [4.78, 5) is 13.1. The molecule has 0 aliphatic heterocycles. The summed E-state index contributed by atoms with van der Waals surface area (Å²) in [7, 11) is 0. The van der Waals surface area contributed by atoms with Gasteiger partial charge in [-0.3, -0.25) is 4.79 Å². The summed E-state index contributed by atoms with van der Waals surface area (Å²) >= 11 is 13.4. The van der Waals surface area contributed by atoms with Crippen molar-refractivity contribution in [3.8, 4) is 0 Å². The van der Waals surface area contributed by atoms with E-state index < -0.39 is 0 Å². The first kappa shape index (κ1) is 16.2. The molecule has 5 heteroatoms. The molecular formula is C16H15Cl2NOS. The molecule has 21 heavy (non-hydrogen) atoms. The Morgan fingerprint density at radius 2 is 1.81 bits per heavy atom. The van der Waals surface area contributed by atoms with E-state index in [1.54, 1.807) is 0 Å². The van der Waals surface area contributed by atoms with E-state index in [4.69, 9.17) is 23.2 Å². The highest BCUT2D eigenvalue weighted by Gasteiger charge is 2.14. The molecule has 0 spiro atoms. The third-order valence-corrected chi connectivity index (χ3v) is 4.64. The molecule has 2 rings (SSSR count). The molecule has 1 N–H and O–H groups in total. The van der Waals surface area contributed by atoms with E-state index in [1.807, 2.05) is 55.5 Å². The molecule has 2 aromatic rings. The summed E-state index contributed by atoms with van der Waals surface area (Å²) in [6.45, 7) is 2.31. The predicted molar refractivity (Wildman–Crippen MR) is 90.1 cm³/mol. The number of thioether (sulfide) groups is 1. The average Bonchev–Trinajstić information content (AvgIpc) is 2.48. The molecule has 0 saturated carbocycles. The maximum absolute atomic E-state index is 12.1. The van der Waals surface area contributed by atoms with Crippen molar-refractivity contribution >= 4 is 40.9 Å². The maximum Gasteiger partial charge on any atom is 0.233 e. The van der Waals surface area contributed by atoms with Gasteiger partial charge in [0.05, 0.1) is 5.25 Å². The Labute approximate surface area is 138 Å². The van der Waals surface area contributed by atoms with Crippen LogP contribution >= 0.6 is 35.0 Å². The van der Waals surface area contributed by atoms with E-state index in [0.29, 0.717) is 16.6 Å². The minimum absolute atomic E-state index is 0.0186. The lowest BCUT2D eigenvalue weighted by atomic mass is 10.2. The maximum atomic E-state index is 12.1. The summed E-state index contributed by atoms with van der Waals surface area (Å²) in [5.74, 6) is -0.0186. The number of rotatable bonds is 5. The minimum Gasteiger partial charge on any atom is -0.351 e. The first-order valence-electron chi connectivity index (χ1n) is 6.49. The Balaban J connectivity index is 1.88. The smallest absolute Gasteiger partial charge is 0.233 e. The van der Waals surface area contributed by atoms with E-state index in [2.05, 4.69) is 5.32 Å². The lowest BCUT2D eigenvalue weighted by Gasteiger charge is -2.12. The lowest BCUT2D eigenvalue weighted by Crippen LogP contribution is -2.30. The van der Waals surface area contributed by atoms with Crippen LogP contribution in [0.5, 0.6) is 0 Å². The molecular weight excluding hydrogens is 325 g/mol. The van der Waals surface area contributed by atoms with E-state index in [-0.39, 0.29) is 11.2 Å². The summed E-state index contributed by atoms with van der Waals surface area (Å²) < 4.78 is 0. The number of halogens is 2. The second-order valence-corrected chi connectivity index (χ2v) is 6.78. The lowest BCUT2D eigenvalue weighted by molar-refractivity contribution is -0.120. The quantitative estimate of drug-likeness (QED) is 0.793. The fourth-order valence-corrected chi connectivity index (χ4v) is 2.96. The van der Waals surface area contributed by atoms with Crippen LogP contribution < -0.4 is 5.32 Å². The van der Waals surface area contributed by atoms with Crippen LogP contribution in [0.2, 0.25) is 10.0 Å². The fraction of sp³-hybridized carbons (Fsp3) is 0.188. The number of carbonyl (C=O) groups is 1. The molecule has 0 bridgehead atoms. The van der Waals surface area contributed by atoms with Gasteiger partial charge in [0.15, 0.2) is 0 Å². The van der Waals surface area contributed by atoms with Crippen LogP contribution in [0.1, 0.15) is 12.5 Å². The van der Waals surface area contributed by atoms with Gasteiger partial charge in [-0.2, -0.15) is 0 Å². The van der Waals surface area contributed by atoms with Gasteiger partial charge in [0.1, 0.15) is 0 Å². The molecule has 0 saturated heterocycles. The molecule has 0 unspecified atom stereocenters. The monoisotopic (exact) mass is 339 g/mol. The normalized spacial score (nSPS) is 12.0. The molecule has 2 aromatic carbocycles. The predicted octanol–water partition coefficient (Wildman–Crippen LogP) is 4.79. The SMILES string of the molecule is C[C@@H](Sc1ccc(Cl)cc1)C(=O)NCc1ccccc1Cl. The zero-order valence-electron chi connectivity index (χ0n) is 11.5. The molecule has 0 fully saturated rings.